The molecule has 1 aromatic carbocycles. The summed E-state index contributed by atoms with van der Waals surface area (Å²) < 4.78 is 14.5. The third-order valence-electron chi connectivity index (χ3n) is 6.64. The van der Waals surface area contributed by atoms with E-state index in [0.717, 1.165) is 19.3 Å². The predicted molar refractivity (Wildman–Crippen MR) is 132 cm³/mol. The van der Waals surface area contributed by atoms with Gasteiger partial charge in [0.25, 0.3) is 5.91 Å². The number of hydrogen-bond donors (Lipinski definition) is 1. The molecule has 1 aliphatic heterocycles. The number of carbonyl (C=O) groups is 2. The van der Waals surface area contributed by atoms with Crippen molar-refractivity contribution in [2.75, 3.05) is 6.54 Å². The average Bonchev–Trinajstić information content (AvgIpc) is 3.04. The van der Waals surface area contributed by atoms with Crippen molar-refractivity contribution in [2.24, 2.45) is 0 Å². The Labute approximate surface area is 199 Å². The van der Waals surface area contributed by atoms with Gasteiger partial charge in [-0.2, -0.15) is 0 Å². The van der Waals surface area contributed by atoms with Gasteiger partial charge >= 0.3 is 0 Å². The van der Waals surface area contributed by atoms with Crippen molar-refractivity contribution < 1.29 is 19.1 Å². The topological polar surface area (TPSA) is 57.6 Å². The Morgan fingerprint density at radius 3 is 1.85 bits per heavy atom. The number of nitrogens with zero attached hydrogens (tertiary/aromatic N) is 1. The standard InChI is InChI=1S/C28H42FNO3/c1-3-4-5-6-7-8-9-10-11-12-13-14-15-18-21-30-26(23-19-16-17-20-24(23)29)25(22(2)31)27(32)28(30)33/h16-17,19-20,26,32H,3-15,18,21H2,1-2H3/t26-/m1/s1. The van der Waals surface area contributed by atoms with Crippen LogP contribution in [0.5, 0.6) is 0 Å². The first kappa shape index (κ1) is 27.1. The van der Waals surface area contributed by atoms with E-state index in [2.05, 4.69) is 6.92 Å². The number of rotatable bonds is 17. The minimum atomic E-state index is -0.849. The van der Waals surface area contributed by atoms with Crippen LogP contribution in [0.1, 0.15) is 115 Å². The number of ketones is 1. The van der Waals surface area contributed by atoms with Gasteiger partial charge in [-0.25, -0.2) is 4.39 Å². The lowest BCUT2D eigenvalue weighted by Gasteiger charge is -2.27. The second-order valence-corrected chi connectivity index (χ2v) is 9.34. The summed E-state index contributed by atoms with van der Waals surface area (Å²) in [5, 5.41) is 10.3. The minimum Gasteiger partial charge on any atom is -0.503 e. The highest BCUT2D eigenvalue weighted by Crippen LogP contribution is 2.38. The molecule has 1 heterocycles. The van der Waals surface area contributed by atoms with E-state index in [1.54, 1.807) is 18.2 Å². The normalized spacial score (nSPS) is 16.2. The zero-order chi connectivity index (χ0) is 24.1. The fourth-order valence-electron chi connectivity index (χ4n) is 4.74. The van der Waals surface area contributed by atoms with Gasteiger partial charge in [-0.3, -0.25) is 9.59 Å². The Balaban J connectivity index is 1.69. The van der Waals surface area contributed by atoms with E-state index in [1.165, 1.54) is 88.5 Å². The van der Waals surface area contributed by atoms with Crippen molar-refractivity contribution in [3.63, 3.8) is 0 Å². The van der Waals surface area contributed by atoms with Gasteiger partial charge in [-0.05, 0) is 19.4 Å². The zero-order valence-electron chi connectivity index (χ0n) is 20.6. The molecular formula is C28H42FNO3. The van der Waals surface area contributed by atoms with E-state index in [4.69, 9.17) is 0 Å². The molecule has 0 aliphatic carbocycles. The number of aliphatic hydroxyl groups is 1. The Morgan fingerprint density at radius 1 is 0.879 bits per heavy atom. The van der Waals surface area contributed by atoms with E-state index in [9.17, 15) is 19.1 Å². The van der Waals surface area contributed by atoms with Gasteiger partial charge in [0.1, 0.15) is 5.82 Å². The lowest BCUT2D eigenvalue weighted by molar-refractivity contribution is -0.129. The first-order valence-corrected chi connectivity index (χ1v) is 13.0. The van der Waals surface area contributed by atoms with Gasteiger partial charge in [0, 0.05) is 12.1 Å². The monoisotopic (exact) mass is 459 g/mol. The average molecular weight is 460 g/mol. The number of Topliss-reactive ketones (excluding diaryl/α,β-unsaturated/α-hetero) is 1. The van der Waals surface area contributed by atoms with Crippen LogP contribution in [0.3, 0.4) is 0 Å². The number of benzene rings is 1. The van der Waals surface area contributed by atoms with Crippen LogP contribution in [0.4, 0.5) is 4.39 Å². The first-order valence-electron chi connectivity index (χ1n) is 13.0. The number of carbonyl (C=O) groups excluding carboxylic acids is 2. The molecule has 2 rings (SSSR count). The van der Waals surface area contributed by atoms with Crippen LogP contribution in [0.2, 0.25) is 0 Å². The molecule has 5 heteroatoms. The van der Waals surface area contributed by atoms with Crippen LogP contribution < -0.4 is 0 Å². The molecule has 0 fully saturated rings. The fourth-order valence-corrected chi connectivity index (χ4v) is 4.74. The van der Waals surface area contributed by atoms with Crippen molar-refractivity contribution in [1.82, 2.24) is 4.90 Å². The Morgan fingerprint density at radius 2 is 1.36 bits per heavy atom. The van der Waals surface area contributed by atoms with Crippen molar-refractivity contribution in [3.05, 3.63) is 47.0 Å². The molecule has 0 aromatic heterocycles. The maximum atomic E-state index is 14.5. The van der Waals surface area contributed by atoms with E-state index >= 15 is 0 Å². The van der Waals surface area contributed by atoms with Crippen LogP contribution >= 0.6 is 0 Å². The van der Waals surface area contributed by atoms with Crippen molar-refractivity contribution >= 4 is 11.7 Å². The number of halogens is 1. The van der Waals surface area contributed by atoms with E-state index in [-0.39, 0.29) is 11.1 Å². The largest absolute Gasteiger partial charge is 0.503 e. The summed E-state index contributed by atoms with van der Waals surface area (Å²) in [6.45, 7) is 3.96. The summed E-state index contributed by atoms with van der Waals surface area (Å²) in [5.41, 5.74) is 0.251. The Kier molecular flexibility index (Phi) is 12.2. The lowest BCUT2D eigenvalue weighted by atomic mass is 9.96. The van der Waals surface area contributed by atoms with Crippen molar-refractivity contribution in [2.45, 2.75) is 110 Å². The summed E-state index contributed by atoms with van der Waals surface area (Å²) in [6, 6.07) is 5.30. The number of hydrogen-bond acceptors (Lipinski definition) is 3. The van der Waals surface area contributed by atoms with Crippen molar-refractivity contribution in [1.29, 1.82) is 0 Å². The maximum absolute atomic E-state index is 14.5. The molecule has 4 nitrogen and oxygen atoms in total. The third-order valence-corrected chi connectivity index (χ3v) is 6.64. The molecule has 0 radical (unpaired) electrons. The quantitative estimate of drug-likeness (QED) is 0.244. The lowest BCUT2D eigenvalue weighted by Crippen LogP contribution is -2.32. The summed E-state index contributed by atoms with van der Waals surface area (Å²) in [4.78, 5) is 26.2. The van der Waals surface area contributed by atoms with Crippen LogP contribution in [-0.4, -0.2) is 28.2 Å². The Hall–Kier alpha value is -2.17. The highest BCUT2D eigenvalue weighted by molar-refractivity contribution is 6.08. The van der Waals surface area contributed by atoms with E-state index in [1.807, 2.05) is 0 Å². The number of aliphatic hydroxyl groups excluding tert-OH is 1. The molecule has 1 N–H and O–H groups in total. The molecule has 0 unspecified atom stereocenters. The molecule has 1 atom stereocenters. The van der Waals surface area contributed by atoms with Gasteiger partial charge in [-0.1, -0.05) is 109 Å². The summed E-state index contributed by atoms with van der Waals surface area (Å²) >= 11 is 0. The van der Waals surface area contributed by atoms with Gasteiger partial charge in [-0.15, -0.1) is 0 Å². The Bertz CT molecular complexity index is 789. The maximum Gasteiger partial charge on any atom is 0.290 e. The fraction of sp³-hybridized carbons (Fsp3) is 0.643. The smallest absolute Gasteiger partial charge is 0.290 e. The summed E-state index contributed by atoms with van der Waals surface area (Å²) in [5.74, 6) is -2.00. The van der Waals surface area contributed by atoms with Crippen LogP contribution in [0.15, 0.2) is 35.6 Å². The predicted octanol–water partition coefficient (Wildman–Crippen LogP) is 7.59. The molecule has 184 valence electrons. The molecule has 1 amide bonds. The molecule has 0 saturated carbocycles. The molecule has 1 aromatic rings. The van der Waals surface area contributed by atoms with Crippen LogP contribution in [0.25, 0.3) is 0 Å². The molecule has 0 spiro atoms. The molecule has 0 bridgehead atoms. The van der Waals surface area contributed by atoms with Crippen LogP contribution in [0, 0.1) is 5.82 Å². The number of amides is 1. The van der Waals surface area contributed by atoms with Gasteiger partial charge in [0.2, 0.25) is 0 Å². The second kappa shape index (κ2) is 14.9. The first-order chi connectivity index (χ1) is 16.0. The van der Waals surface area contributed by atoms with Gasteiger partial charge in [0.15, 0.2) is 11.5 Å². The van der Waals surface area contributed by atoms with Gasteiger partial charge < -0.3 is 10.0 Å². The zero-order valence-corrected chi connectivity index (χ0v) is 20.6. The van der Waals surface area contributed by atoms with E-state index < -0.39 is 29.3 Å². The molecule has 0 saturated heterocycles. The molecular weight excluding hydrogens is 417 g/mol. The second-order valence-electron chi connectivity index (χ2n) is 9.34. The highest BCUT2D eigenvalue weighted by Gasteiger charge is 2.42. The van der Waals surface area contributed by atoms with Crippen LogP contribution in [-0.2, 0) is 9.59 Å². The van der Waals surface area contributed by atoms with Gasteiger partial charge in [0.05, 0.1) is 11.6 Å². The number of unbranched alkanes of at least 4 members (excludes halogenated alkanes) is 13. The molecule has 1 aliphatic rings. The third kappa shape index (κ3) is 8.28. The SMILES string of the molecule is CCCCCCCCCCCCCCCCN1C(=O)C(O)=C(C(C)=O)[C@H]1c1ccccc1F. The highest BCUT2D eigenvalue weighted by atomic mass is 19.1. The minimum absolute atomic E-state index is 0.00420. The molecule has 33 heavy (non-hydrogen) atoms. The van der Waals surface area contributed by atoms with Crippen molar-refractivity contribution in [3.8, 4) is 0 Å². The summed E-state index contributed by atoms with van der Waals surface area (Å²) in [6.07, 6.45) is 17.4. The van der Waals surface area contributed by atoms with E-state index in [0.29, 0.717) is 6.54 Å². The summed E-state index contributed by atoms with van der Waals surface area (Å²) in [7, 11) is 0.